The van der Waals surface area contributed by atoms with Crippen LogP contribution in [0.2, 0.25) is 0 Å². The average molecular weight is 470 g/mol. The summed E-state index contributed by atoms with van der Waals surface area (Å²) < 4.78 is 6.43. The Hall–Kier alpha value is -3.50. The highest BCUT2D eigenvalue weighted by Gasteiger charge is 2.15. The molecule has 3 N–H and O–H groups in total. The van der Waals surface area contributed by atoms with Crippen LogP contribution in [0.3, 0.4) is 0 Å². The molecule has 2 aromatic carbocycles. The number of nitrogens with zero attached hydrogens (tertiary/aromatic N) is 2. The third kappa shape index (κ3) is 7.26. The van der Waals surface area contributed by atoms with Crippen molar-refractivity contribution in [2.24, 2.45) is 0 Å². The number of carbonyl (C=O) groups is 3. The molecule has 33 heavy (non-hydrogen) atoms. The van der Waals surface area contributed by atoms with Gasteiger partial charge < -0.3 is 20.7 Å². The molecule has 10 heteroatoms. The van der Waals surface area contributed by atoms with Gasteiger partial charge in [-0.1, -0.05) is 18.3 Å². The lowest BCUT2D eigenvalue weighted by Crippen LogP contribution is -2.38. The van der Waals surface area contributed by atoms with E-state index in [0.29, 0.717) is 29.7 Å². The van der Waals surface area contributed by atoms with Crippen LogP contribution in [0.1, 0.15) is 20.8 Å². The van der Waals surface area contributed by atoms with E-state index in [4.69, 9.17) is 4.74 Å². The molecule has 0 fully saturated rings. The van der Waals surface area contributed by atoms with Crippen LogP contribution in [-0.4, -0.2) is 53.8 Å². The van der Waals surface area contributed by atoms with E-state index >= 15 is 0 Å². The van der Waals surface area contributed by atoms with Gasteiger partial charge in [-0.05, 0) is 55.9 Å². The van der Waals surface area contributed by atoms with Crippen molar-refractivity contribution in [1.29, 1.82) is 0 Å². The van der Waals surface area contributed by atoms with Gasteiger partial charge in [0.25, 0.3) is 0 Å². The zero-order chi connectivity index (χ0) is 23.8. The molecular weight excluding hydrogens is 442 g/mol. The number of ether oxygens (including phenoxy) is 1. The molecule has 0 aliphatic rings. The van der Waals surface area contributed by atoms with Crippen LogP contribution in [0.15, 0.2) is 42.5 Å². The van der Waals surface area contributed by atoms with Crippen molar-refractivity contribution in [1.82, 2.24) is 9.88 Å². The molecule has 0 saturated heterocycles. The fraction of sp³-hybridized carbons (Fsp3) is 0.304. The maximum atomic E-state index is 12.5. The largest absolute Gasteiger partial charge is 0.494 e. The molecule has 0 aliphatic carbocycles. The van der Waals surface area contributed by atoms with E-state index in [9.17, 15) is 14.4 Å². The van der Waals surface area contributed by atoms with Gasteiger partial charge in [-0.2, -0.15) is 0 Å². The molecule has 9 nitrogen and oxygen atoms in total. The van der Waals surface area contributed by atoms with Crippen LogP contribution in [-0.2, 0) is 14.4 Å². The number of hydrogen-bond acceptors (Lipinski definition) is 7. The van der Waals surface area contributed by atoms with Gasteiger partial charge in [0, 0.05) is 18.3 Å². The van der Waals surface area contributed by atoms with Crippen LogP contribution in [0, 0.1) is 0 Å². The lowest BCUT2D eigenvalue weighted by atomic mass is 10.2. The number of rotatable bonds is 10. The quantitative estimate of drug-likeness (QED) is 0.419. The molecule has 3 rings (SSSR count). The van der Waals surface area contributed by atoms with Gasteiger partial charge in [0.05, 0.1) is 29.9 Å². The SMILES string of the molecule is CCOc1ccc2nc(NC(=O)CN(CC)CC(=O)Nc3ccc(NC(C)=O)cc3)sc2c1. The van der Waals surface area contributed by atoms with E-state index in [-0.39, 0.29) is 30.8 Å². The molecule has 0 bridgehead atoms. The summed E-state index contributed by atoms with van der Waals surface area (Å²) in [6.45, 7) is 6.47. The van der Waals surface area contributed by atoms with Gasteiger partial charge >= 0.3 is 0 Å². The van der Waals surface area contributed by atoms with Gasteiger partial charge in [-0.25, -0.2) is 4.98 Å². The molecule has 0 spiro atoms. The Bertz CT molecular complexity index is 1130. The predicted octanol–water partition coefficient (Wildman–Crippen LogP) is 3.55. The first-order chi connectivity index (χ1) is 15.9. The molecular formula is C23H27N5O4S. The molecule has 3 amide bonds. The fourth-order valence-electron chi connectivity index (χ4n) is 3.10. The van der Waals surface area contributed by atoms with Crippen molar-refractivity contribution in [2.45, 2.75) is 20.8 Å². The summed E-state index contributed by atoms with van der Waals surface area (Å²) in [5.41, 5.74) is 2.04. The van der Waals surface area contributed by atoms with Gasteiger partial charge in [0.1, 0.15) is 5.75 Å². The third-order valence-corrected chi connectivity index (χ3v) is 5.52. The van der Waals surface area contributed by atoms with Crippen molar-refractivity contribution in [2.75, 3.05) is 42.2 Å². The van der Waals surface area contributed by atoms with Crippen molar-refractivity contribution < 1.29 is 19.1 Å². The number of anilines is 3. The minimum Gasteiger partial charge on any atom is -0.494 e. The first-order valence-electron chi connectivity index (χ1n) is 10.6. The molecule has 174 valence electrons. The highest BCUT2D eigenvalue weighted by Crippen LogP contribution is 2.29. The minimum atomic E-state index is -0.242. The van der Waals surface area contributed by atoms with Gasteiger partial charge in [0.2, 0.25) is 17.7 Å². The lowest BCUT2D eigenvalue weighted by molar-refractivity contribution is -0.120. The standard InChI is InChI=1S/C23H27N5O4S/c1-4-28(13-21(30)25-17-8-6-16(7-9-17)24-15(3)29)14-22(31)27-23-26-19-11-10-18(32-5-2)12-20(19)33-23/h6-12H,4-5,13-14H2,1-3H3,(H,24,29)(H,25,30)(H,26,27,31). The molecule has 1 aromatic heterocycles. The second kappa shape index (κ2) is 11.4. The van der Waals surface area contributed by atoms with Crippen LogP contribution in [0.25, 0.3) is 10.2 Å². The zero-order valence-corrected chi connectivity index (χ0v) is 19.6. The highest BCUT2D eigenvalue weighted by atomic mass is 32.1. The number of amides is 3. The van der Waals surface area contributed by atoms with Crippen LogP contribution < -0.4 is 20.7 Å². The summed E-state index contributed by atoms with van der Waals surface area (Å²) in [6, 6.07) is 12.4. The van der Waals surface area contributed by atoms with E-state index in [1.807, 2.05) is 32.0 Å². The van der Waals surface area contributed by atoms with Crippen molar-refractivity contribution in [3.05, 3.63) is 42.5 Å². The number of aromatic nitrogens is 1. The predicted molar refractivity (Wildman–Crippen MR) is 131 cm³/mol. The van der Waals surface area contributed by atoms with E-state index < -0.39 is 0 Å². The Kier molecular flexibility index (Phi) is 8.34. The lowest BCUT2D eigenvalue weighted by Gasteiger charge is -2.19. The molecule has 0 radical (unpaired) electrons. The molecule has 0 aliphatic heterocycles. The van der Waals surface area contributed by atoms with Crippen molar-refractivity contribution >= 4 is 55.8 Å². The van der Waals surface area contributed by atoms with Crippen molar-refractivity contribution in [3.63, 3.8) is 0 Å². The first-order valence-corrected chi connectivity index (χ1v) is 11.4. The Morgan fingerprint density at radius 2 is 1.58 bits per heavy atom. The Morgan fingerprint density at radius 1 is 0.939 bits per heavy atom. The zero-order valence-electron chi connectivity index (χ0n) is 18.8. The highest BCUT2D eigenvalue weighted by molar-refractivity contribution is 7.22. The van der Waals surface area contributed by atoms with Gasteiger partial charge in [0.15, 0.2) is 5.13 Å². The second-order valence-electron chi connectivity index (χ2n) is 7.24. The van der Waals surface area contributed by atoms with Gasteiger partial charge in [-0.3, -0.25) is 19.3 Å². The minimum absolute atomic E-state index is 0.0610. The topological polar surface area (TPSA) is 113 Å². The number of likely N-dealkylation sites (N-methyl/N-ethyl adjacent to an activating group) is 1. The first kappa shape index (κ1) is 24.1. The van der Waals surface area contributed by atoms with E-state index in [0.717, 1.165) is 16.0 Å². The molecule has 0 unspecified atom stereocenters. The summed E-state index contributed by atoms with van der Waals surface area (Å²) in [4.78, 5) is 42.2. The number of carbonyl (C=O) groups excluding carboxylic acids is 3. The van der Waals surface area contributed by atoms with Crippen LogP contribution in [0.5, 0.6) is 5.75 Å². The van der Waals surface area contributed by atoms with E-state index in [1.165, 1.54) is 18.3 Å². The van der Waals surface area contributed by atoms with E-state index in [2.05, 4.69) is 20.9 Å². The van der Waals surface area contributed by atoms with Crippen molar-refractivity contribution in [3.8, 4) is 5.75 Å². The number of fused-ring (bicyclic) bond motifs is 1. The number of hydrogen-bond donors (Lipinski definition) is 3. The Labute approximate surface area is 196 Å². The molecule has 0 saturated carbocycles. The van der Waals surface area contributed by atoms with Crippen LogP contribution >= 0.6 is 11.3 Å². The maximum absolute atomic E-state index is 12.5. The average Bonchev–Trinajstić information content (AvgIpc) is 3.15. The number of nitrogens with one attached hydrogen (secondary N) is 3. The second-order valence-corrected chi connectivity index (χ2v) is 8.27. The van der Waals surface area contributed by atoms with Crippen LogP contribution in [0.4, 0.5) is 16.5 Å². The summed E-state index contributed by atoms with van der Waals surface area (Å²) in [6.07, 6.45) is 0. The van der Waals surface area contributed by atoms with E-state index in [1.54, 1.807) is 29.2 Å². The summed E-state index contributed by atoms with van der Waals surface area (Å²) >= 11 is 1.37. The molecule has 0 atom stereocenters. The smallest absolute Gasteiger partial charge is 0.240 e. The number of thiazole rings is 1. The normalized spacial score (nSPS) is 10.8. The molecule has 1 heterocycles. The molecule has 3 aromatic rings. The maximum Gasteiger partial charge on any atom is 0.240 e. The summed E-state index contributed by atoms with van der Waals surface area (Å²) in [5, 5.41) is 8.78. The third-order valence-electron chi connectivity index (χ3n) is 4.59. The summed E-state index contributed by atoms with van der Waals surface area (Å²) in [7, 11) is 0. The van der Waals surface area contributed by atoms with Gasteiger partial charge in [-0.15, -0.1) is 0 Å². The summed E-state index contributed by atoms with van der Waals surface area (Å²) in [5.74, 6) is 0.123. The monoisotopic (exact) mass is 469 g/mol. The number of benzene rings is 2. The fourth-order valence-corrected chi connectivity index (χ4v) is 4.01. The Balaban J connectivity index is 1.52. The Morgan fingerprint density at radius 3 is 2.18 bits per heavy atom.